The second-order valence-electron chi connectivity index (χ2n) is 7.52. The van der Waals surface area contributed by atoms with Gasteiger partial charge in [0.2, 0.25) is 0 Å². The summed E-state index contributed by atoms with van der Waals surface area (Å²) in [7, 11) is 0. The topological polar surface area (TPSA) is 94.3 Å². The summed E-state index contributed by atoms with van der Waals surface area (Å²) >= 11 is 1.46. The van der Waals surface area contributed by atoms with Crippen molar-refractivity contribution in [2.45, 2.75) is 51.5 Å². The molecule has 3 heterocycles. The number of thiophene rings is 1. The lowest BCUT2D eigenvalue weighted by Gasteiger charge is -2.41. The highest BCUT2D eigenvalue weighted by Gasteiger charge is 2.43. The van der Waals surface area contributed by atoms with E-state index in [0.29, 0.717) is 23.3 Å². The second kappa shape index (κ2) is 6.53. The minimum atomic E-state index is -4.63. The van der Waals surface area contributed by atoms with Gasteiger partial charge >= 0.3 is 6.18 Å². The Kier molecular flexibility index (Phi) is 4.84. The van der Waals surface area contributed by atoms with E-state index in [1.54, 1.807) is 0 Å². The molecular formula is C17H18F3N3O3S2. The Hall–Kier alpha value is -1.98. The number of nitrogens with zero attached hydrogens (tertiary/aromatic N) is 1. The first-order valence-electron chi connectivity index (χ1n) is 8.21. The van der Waals surface area contributed by atoms with Gasteiger partial charge in [0.05, 0.1) is 16.8 Å². The van der Waals surface area contributed by atoms with Crippen LogP contribution in [0.25, 0.3) is 0 Å². The first-order chi connectivity index (χ1) is 12.7. The van der Waals surface area contributed by atoms with Crippen molar-refractivity contribution < 1.29 is 27.5 Å². The average Bonchev–Trinajstić information content (AvgIpc) is 3.09. The first kappa shape index (κ1) is 20.7. The predicted octanol–water partition coefficient (Wildman–Crippen LogP) is 4.16. The van der Waals surface area contributed by atoms with Gasteiger partial charge in [0.15, 0.2) is 5.01 Å². The molecule has 2 amide bonds. The van der Waals surface area contributed by atoms with Crippen LogP contribution >= 0.6 is 22.7 Å². The van der Waals surface area contributed by atoms with Crippen molar-refractivity contribution in [2.24, 2.45) is 5.73 Å². The third kappa shape index (κ3) is 3.78. The summed E-state index contributed by atoms with van der Waals surface area (Å²) in [6.45, 7) is 7.45. The first-order valence-corrected chi connectivity index (χ1v) is 9.91. The summed E-state index contributed by atoms with van der Waals surface area (Å²) in [5.74, 6) is -1.57. The van der Waals surface area contributed by atoms with E-state index in [2.05, 4.69) is 10.3 Å². The van der Waals surface area contributed by atoms with E-state index < -0.39 is 34.2 Å². The van der Waals surface area contributed by atoms with Crippen molar-refractivity contribution in [3.05, 3.63) is 32.1 Å². The normalized spacial score (nSPS) is 17.8. The van der Waals surface area contributed by atoms with Crippen LogP contribution in [0.4, 0.5) is 18.2 Å². The van der Waals surface area contributed by atoms with Crippen molar-refractivity contribution >= 4 is 39.5 Å². The van der Waals surface area contributed by atoms with Gasteiger partial charge in [-0.15, -0.1) is 22.7 Å². The number of amides is 2. The van der Waals surface area contributed by atoms with Crippen molar-refractivity contribution in [3.8, 4) is 0 Å². The molecule has 0 unspecified atom stereocenters. The van der Waals surface area contributed by atoms with E-state index in [1.807, 2.05) is 27.7 Å². The summed E-state index contributed by atoms with van der Waals surface area (Å²) < 4.78 is 44.2. The van der Waals surface area contributed by atoms with Crippen LogP contribution in [-0.2, 0) is 22.9 Å². The maximum Gasteiger partial charge on any atom is 0.443 e. The van der Waals surface area contributed by atoms with Gasteiger partial charge in [0.1, 0.15) is 10.7 Å². The molecule has 152 valence electrons. The van der Waals surface area contributed by atoms with Crippen LogP contribution in [0.1, 0.15) is 64.0 Å². The highest BCUT2D eigenvalue weighted by atomic mass is 32.1. The number of primary amides is 1. The number of hydrogen-bond donors (Lipinski definition) is 2. The molecule has 11 heteroatoms. The molecule has 3 N–H and O–H groups in total. The van der Waals surface area contributed by atoms with E-state index in [9.17, 15) is 22.8 Å². The molecule has 0 fully saturated rings. The summed E-state index contributed by atoms with van der Waals surface area (Å²) in [6, 6.07) is 0. The quantitative estimate of drug-likeness (QED) is 0.760. The van der Waals surface area contributed by atoms with Crippen molar-refractivity contribution in [3.63, 3.8) is 0 Å². The van der Waals surface area contributed by atoms with E-state index in [4.69, 9.17) is 10.5 Å². The average molecular weight is 433 g/mol. The highest BCUT2D eigenvalue weighted by Crippen LogP contribution is 2.48. The van der Waals surface area contributed by atoms with Gasteiger partial charge in [-0.2, -0.15) is 13.2 Å². The maximum atomic E-state index is 12.7. The predicted molar refractivity (Wildman–Crippen MR) is 99.8 cm³/mol. The zero-order valence-electron chi connectivity index (χ0n) is 15.5. The Morgan fingerprint density at radius 1 is 1.29 bits per heavy atom. The molecule has 1 aliphatic heterocycles. The second-order valence-corrected chi connectivity index (χ2v) is 9.40. The fourth-order valence-corrected chi connectivity index (χ4v) is 5.27. The summed E-state index contributed by atoms with van der Waals surface area (Å²) in [5.41, 5.74) is 4.73. The molecule has 1 aliphatic rings. The smallest absolute Gasteiger partial charge is 0.365 e. The number of aromatic nitrogens is 1. The number of nitrogens with two attached hydrogens (primary N) is 1. The monoisotopic (exact) mass is 433 g/mol. The standard InChI is InChI=1S/C17H18F3N3O3S2/c1-15(2)5-7-9(11(21)24)13(28-10(7)16(3,4)26-15)23-12(25)8-6-27-14(22-8)17(18,19)20/h6H,5H2,1-4H3,(H2,21,24)(H,23,25). The van der Waals surface area contributed by atoms with Gasteiger partial charge in [-0.3, -0.25) is 9.59 Å². The van der Waals surface area contributed by atoms with Crippen LogP contribution in [0.3, 0.4) is 0 Å². The molecule has 0 saturated heterocycles. The third-order valence-corrected chi connectivity index (χ3v) is 6.48. The molecule has 0 bridgehead atoms. The zero-order valence-corrected chi connectivity index (χ0v) is 17.1. The molecule has 0 saturated carbocycles. The van der Waals surface area contributed by atoms with Gasteiger partial charge in [-0.05, 0) is 33.3 Å². The Balaban J connectivity index is 1.99. The van der Waals surface area contributed by atoms with E-state index in [-0.39, 0.29) is 16.3 Å². The molecule has 3 rings (SSSR count). The Bertz CT molecular complexity index is 961. The number of carbonyl (C=O) groups is 2. The van der Waals surface area contributed by atoms with Crippen LogP contribution in [0.2, 0.25) is 0 Å². The van der Waals surface area contributed by atoms with Crippen LogP contribution in [0, 0.1) is 0 Å². The third-order valence-electron chi connectivity index (χ3n) is 4.14. The van der Waals surface area contributed by atoms with Crippen molar-refractivity contribution in [2.75, 3.05) is 5.32 Å². The van der Waals surface area contributed by atoms with Crippen LogP contribution < -0.4 is 11.1 Å². The lowest BCUT2D eigenvalue weighted by molar-refractivity contribution is -0.137. The molecule has 6 nitrogen and oxygen atoms in total. The number of nitrogens with one attached hydrogen (secondary N) is 1. The fraction of sp³-hybridized carbons (Fsp3) is 0.471. The van der Waals surface area contributed by atoms with E-state index in [1.165, 1.54) is 0 Å². The maximum absolute atomic E-state index is 12.7. The van der Waals surface area contributed by atoms with Gasteiger partial charge in [-0.1, -0.05) is 0 Å². The number of carbonyl (C=O) groups excluding carboxylic acids is 2. The molecule has 0 spiro atoms. The number of alkyl halides is 3. The molecule has 0 aliphatic carbocycles. The van der Waals surface area contributed by atoms with Crippen LogP contribution in [0.15, 0.2) is 5.38 Å². The Morgan fingerprint density at radius 3 is 2.46 bits per heavy atom. The van der Waals surface area contributed by atoms with Crippen LogP contribution in [-0.4, -0.2) is 22.4 Å². The van der Waals surface area contributed by atoms with Gasteiger partial charge in [-0.25, -0.2) is 4.98 Å². The van der Waals surface area contributed by atoms with Crippen molar-refractivity contribution in [1.29, 1.82) is 0 Å². The van der Waals surface area contributed by atoms with Gasteiger partial charge < -0.3 is 15.8 Å². The molecule has 0 atom stereocenters. The molecular weight excluding hydrogens is 415 g/mol. The molecule has 0 aromatic carbocycles. The molecule has 2 aromatic rings. The number of ether oxygens (including phenoxy) is 1. The number of rotatable bonds is 3. The molecule has 2 aromatic heterocycles. The highest BCUT2D eigenvalue weighted by molar-refractivity contribution is 7.17. The number of hydrogen-bond acceptors (Lipinski definition) is 6. The fourth-order valence-electron chi connectivity index (χ4n) is 3.34. The minimum Gasteiger partial charge on any atom is -0.365 e. The lowest BCUT2D eigenvalue weighted by atomic mass is 9.86. The largest absolute Gasteiger partial charge is 0.443 e. The van der Waals surface area contributed by atoms with Gasteiger partial charge in [0, 0.05) is 16.7 Å². The van der Waals surface area contributed by atoms with E-state index in [0.717, 1.165) is 21.6 Å². The summed E-state index contributed by atoms with van der Waals surface area (Å²) in [4.78, 5) is 28.6. The number of fused-ring (bicyclic) bond motifs is 1. The summed E-state index contributed by atoms with van der Waals surface area (Å²) in [5, 5.41) is 2.58. The lowest BCUT2D eigenvalue weighted by Crippen LogP contribution is -2.42. The molecule has 0 radical (unpaired) electrons. The Morgan fingerprint density at radius 2 is 1.93 bits per heavy atom. The molecule has 28 heavy (non-hydrogen) atoms. The number of anilines is 1. The zero-order chi connectivity index (χ0) is 21.1. The van der Waals surface area contributed by atoms with Crippen LogP contribution in [0.5, 0.6) is 0 Å². The van der Waals surface area contributed by atoms with E-state index >= 15 is 0 Å². The van der Waals surface area contributed by atoms with Gasteiger partial charge in [0.25, 0.3) is 11.8 Å². The minimum absolute atomic E-state index is 0.157. The van der Waals surface area contributed by atoms with Crippen molar-refractivity contribution in [1.82, 2.24) is 4.98 Å². The Labute approximate surface area is 166 Å². The SMILES string of the molecule is CC1(C)Cc2c(sc(NC(=O)c3csc(C(F)(F)F)n3)c2C(N)=O)C(C)(C)O1. The number of halogens is 3. The summed E-state index contributed by atoms with van der Waals surface area (Å²) in [6.07, 6.45) is -4.22. The number of thiazole rings is 1.